The lowest BCUT2D eigenvalue weighted by molar-refractivity contribution is 0.122. The Hall–Kier alpha value is -1.93. The van der Waals surface area contributed by atoms with Crippen LogP contribution < -0.4 is 15.1 Å². The summed E-state index contributed by atoms with van der Waals surface area (Å²) in [6, 6.07) is 4.41. The molecule has 0 amide bonds. The lowest BCUT2D eigenvalue weighted by atomic mass is 10.2. The zero-order chi connectivity index (χ0) is 17.9. The maximum Gasteiger partial charge on any atom is 0.227 e. The molecule has 2 aliphatic rings. The molecule has 7 nitrogen and oxygen atoms in total. The monoisotopic (exact) mass is 418 g/mol. The van der Waals surface area contributed by atoms with Crippen molar-refractivity contribution in [3.05, 3.63) is 34.6 Å². The van der Waals surface area contributed by atoms with E-state index in [0.29, 0.717) is 6.04 Å². The topological polar surface area (TPSA) is 66.4 Å². The van der Waals surface area contributed by atoms with E-state index in [2.05, 4.69) is 54.0 Å². The molecule has 2 aliphatic heterocycles. The first-order valence-corrected chi connectivity index (χ1v) is 9.78. The fourth-order valence-electron chi connectivity index (χ4n) is 3.49. The van der Waals surface area contributed by atoms with Gasteiger partial charge in [0.05, 0.1) is 13.2 Å². The van der Waals surface area contributed by atoms with E-state index in [0.717, 1.165) is 67.9 Å². The lowest BCUT2D eigenvalue weighted by Crippen LogP contribution is -2.37. The first-order chi connectivity index (χ1) is 12.7. The molecule has 0 spiro atoms. The van der Waals surface area contributed by atoms with Crippen molar-refractivity contribution in [2.75, 3.05) is 54.5 Å². The number of aromatic nitrogens is 3. The van der Waals surface area contributed by atoms with Gasteiger partial charge in [0.2, 0.25) is 5.95 Å². The summed E-state index contributed by atoms with van der Waals surface area (Å²) in [5, 5.41) is 3.56. The summed E-state index contributed by atoms with van der Waals surface area (Å²) >= 11 is 3.48. The number of ether oxygens (including phenoxy) is 1. The van der Waals surface area contributed by atoms with Gasteiger partial charge in [-0.3, -0.25) is 0 Å². The van der Waals surface area contributed by atoms with E-state index < -0.39 is 0 Å². The molecule has 4 heterocycles. The van der Waals surface area contributed by atoms with Crippen LogP contribution in [0.3, 0.4) is 0 Å². The van der Waals surface area contributed by atoms with Crippen molar-refractivity contribution >= 4 is 33.5 Å². The molecule has 0 radical (unpaired) electrons. The molecule has 8 heteroatoms. The first kappa shape index (κ1) is 17.5. The van der Waals surface area contributed by atoms with Crippen molar-refractivity contribution < 1.29 is 4.74 Å². The van der Waals surface area contributed by atoms with Gasteiger partial charge in [-0.15, -0.1) is 0 Å². The van der Waals surface area contributed by atoms with E-state index in [9.17, 15) is 0 Å². The Labute approximate surface area is 161 Å². The Morgan fingerprint density at radius 1 is 1.19 bits per heavy atom. The molecule has 2 fully saturated rings. The highest BCUT2D eigenvalue weighted by Gasteiger charge is 2.25. The van der Waals surface area contributed by atoms with Crippen LogP contribution in [0.1, 0.15) is 12.0 Å². The van der Waals surface area contributed by atoms with Crippen molar-refractivity contribution in [2.24, 2.45) is 0 Å². The zero-order valence-electron chi connectivity index (χ0n) is 14.9. The average Bonchev–Trinajstić information content (AvgIpc) is 3.11. The molecule has 2 aromatic rings. The molecule has 2 saturated heterocycles. The first-order valence-electron chi connectivity index (χ1n) is 8.98. The molecule has 0 aliphatic carbocycles. The van der Waals surface area contributed by atoms with Gasteiger partial charge in [-0.05, 0) is 47.0 Å². The summed E-state index contributed by atoms with van der Waals surface area (Å²) in [6.45, 7) is 7.18. The van der Waals surface area contributed by atoms with Gasteiger partial charge >= 0.3 is 0 Å². The highest BCUT2D eigenvalue weighted by Crippen LogP contribution is 2.25. The Bertz CT molecular complexity index is 767. The minimum absolute atomic E-state index is 0.354. The predicted octanol–water partition coefficient (Wildman–Crippen LogP) is 2.47. The summed E-state index contributed by atoms with van der Waals surface area (Å²) in [6.07, 6.45) is 4.75. The van der Waals surface area contributed by atoms with Crippen LogP contribution in [0.5, 0.6) is 0 Å². The van der Waals surface area contributed by atoms with Gasteiger partial charge in [-0.25, -0.2) is 9.97 Å². The fraction of sp³-hybridized carbons (Fsp3) is 0.500. The molecule has 1 N–H and O–H groups in total. The third-order valence-corrected chi connectivity index (χ3v) is 5.23. The fourth-order valence-corrected chi connectivity index (χ4v) is 3.93. The summed E-state index contributed by atoms with van der Waals surface area (Å²) in [5.74, 6) is 2.72. The van der Waals surface area contributed by atoms with Gasteiger partial charge in [0.25, 0.3) is 0 Å². The van der Waals surface area contributed by atoms with Crippen molar-refractivity contribution in [2.45, 2.75) is 19.4 Å². The van der Waals surface area contributed by atoms with E-state index in [1.165, 1.54) is 5.56 Å². The van der Waals surface area contributed by atoms with Crippen LogP contribution in [-0.2, 0) is 4.74 Å². The highest BCUT2D eigenvalue weighted by molar-refractivity contribution is 9.10. The number of halogens is 1. The molecule has 0 aromatic carbocycles. The molecule has 138 valence electrons. The van der Waals surface area contributed by atoms with Gasteiger partial charge in [-0.1, -0.05) is 0 Å². The maximum absolute atomic E-state index is 5.40. The Balaban J connectivity index is 1.40. The van der Waals surface area contributed by atoms with Gasteiger partial charge in [0.15, 0.2) is 0 Å². The van der Waals surface area contributed by atoms with Crippen LogP contribution >= 0.6 is 15.9 Å². The molecular weight excluding hydrogens is 396 g/mol. The number of morpholine rings is 1. The average molecular weight is 419 g/mol. The second kappa shape index (κ2) is 7.75. The quantitative estimate of drug-likeness (QED) is 0.817. The SMILES string of the molecule is Cc1cc(Br)cnc1N1CCC(Nc2ccnc(N3CCOCC3)n2)C1. The highest BCUT2D eigenvalue weighted by atomic mass is 79.9. The number of pyridine rings is 1. The maximum atomic E-state index is 5.40. The molecule has 1 unspecified atom stereocenters. The molecule has 2 aromatic heterocycles. The molecule has 1 atom stereocenters. The number of rotatable bonds is 4. The molecule has 0 bridgehead atoms. The van der Waals surface area contributed by atoms with E-state index >= 15 is 0 Å². The minimum Gasteiger partial charge on any atom is -0.378 e. The van der Waals surface area contributed by atoms with Crippen LogP contribution in [0.4, 0.5) is 17.6 Å². The Morgan fingerprint density at radius 3 is 2.85 bits per heavy atom. The molecule has 26 heavy (non-hydrogen) atoms. The number of aryl methyl sites for hydroxylation is 1. The number of nitrogens with one attached hydrogen (secondary N) is 1. The second-order valence-electron chi connectivity index (χ2n) is 6.71. The minimum atomic E-state index is 0.354. The Morgan fingerprint density at radius 2 is 2.04 bits per heavy atom. The second-order valence-corrected chi connectivity index (χ2v) is 7.63. The van der Waals surface area contributed by atoms with Crippen LogP contribution in [0, 0.1) is 6.92 Å². The van der Waals surface area contributed by atoms with Crippen molar-refractivity contribution in [3.63, 3.8) is 0 Å². The molecular formula is C18H23BrN6O. The van der Waals surface area contributed by atoms with Gasteiger partial charge in [-0.2, -0.15) is 4.98 Å². The number of hydrogen-bond donors (Lipinski definition) is 1. The number of nitrogens with zero attached hydrogens (tertiary/aromatic N) is 5. The van der Waals surface area contributed by atoms with E-state index in [4.69, 9.17) is 9.72 Å². The van der Waals surface area contributed by atoms with Gasteiger partial charge < -0.3 is 19.9 Å². The van der Waals surface area contributed by atoms with Crippen LogP contribution in [0.15, 0.2) is 29.0 Å². The normalized spacial score (nSPS) is 20.5. The van der Waals surface area contributed by atoms with Crippen LogP contribution in [0.2, 0.25) is 0 Å². The van der Waals surface area contributed by atoms with Crippen molar-refractivity contribution in [1.82, 2.24) is 15.0 Å². The smallest absolute Gasteiger partial charge is 0.227 e. The third-order valence-electron chi connectivity index (χ3n) is 4.79. The van der Waals surface area contributed by atoms with E-state index in [1.807, 2.05) is 18.5 Å². The molecule has 0 saturated carbocycles. The standard InChI is InChI=1S/C18H23BrN6O/c1-13-10-14(19)11-21-17(13)25-5-3-15(12-25)22-16-2-4-20-18(23-16)24-6-8-26-9-7-24/h2,4,10-11,15H,3,5-9,12H2,1H3,(H,20,22,23). The van der Waals surface area contributed by atoms with Crippen molar-refractivity contribution in [3.8, 4) is 0 Å². The lowest BCUT2D eigenvalue weighted by Gasteiger charge is -2.27. The largest absolute Gasteiger partial charge is 0.378 e. The van der Waals surface area contributed by atoms with Crippen LogP contribution in [-0.4, -0.2) is 60.4 Å². The summed E-state index contributed by atoms with van der Waals surface area (Å²) in [4.78, 5) is 18.2. The van der Waals surface area contributed by atoms with Gasteiger partial charge in [0, 0.05) is 49.1 Å². The number of hydrogen-bond acceptors (Lipinski definition) is 7. The van der Waals surface area contributed by atoms with Crippen molar-refractivity contribution in [1.29, 1.82) is 0 Å². The predicted molar refractivity (Wildman–Crippen MR) is 106 cm³/mol. The zero-order valence-corrected chi connectivity index (χ0v) is 16.4. The molecule has 4 rings (SSSR count). The summed E-state index contributed by atoms with van der Waals surface area (Å²) < 4.78 is 6.42. The third kappa shape index (κ3) is 3.91. The summed E-state index contributed by atoms with van der Waals surface area (Å²) in [7, 11) is 0. The van der Waals surface area contributed by atoms with E-state index in [-0.39, 0.29) is 0 Å². The summed E-state index contributed by atoms with van der Waals surface area (Å²) in [5.41, 5.74) is 1.19. The number of anilines is 3. The van der Waals surface area contributed by atoms with Gasteiger partial charge in [0.1, 0.15) is 11.6 Å². The van der Waals surface area contributed by atoms with Crippen LogP contribution in [0.25, 0.3) is 0 Å². The van der Waals surface area contributed by atoms with E-state index in [1.54, 1.807) is 0 Å². The Kier molecular flexibility index (Phi) is 5.21.